The van der Waals surface area contributed by atoms with Crippen LogP contribution in [0.15, 0.2) is 45.9 Å². The average Bonchev–Trinajstić information content (AvgIpc) is 3.35. The predicted molar refractivity (Wildman–Crippen MR) is 117 cm³/mol. The third-order valence-electron chi connectivity index (χ3n) is 4.24. The number of guanidine groups is 1. The quantitative estimate of drug-likeness (QED) is 0.428. The first kappa shape index (κ1) is 22.4. The first-order valence-corrected chi connectivity index (χ1v) is 12.0. The molecule has 0 radical (unpaired) electrons. The Bertz CT molecular complexity index is 824. The van der Waals surface area contributed by atoms with Crippen molar-refractivity contribution < 1.29 is 8.42 Å². The lowest BCUT2D eigenvalue weighted by molar-refractivity contribution is 0.447. The second-order valence-corrected chi connectivity index (χ2v) is 9.50. The SMILES string of the molecule is CCNC(=NCCc1ccc(S(=O)(=O)N(CC)CC)s1)NCCn1cccc1. The summed E-state index contributed by atoms with van der Waals surface area (Å²) >= 11 is 1.34. The van der Waals surface area contributed by atoms with Gasteiger partial charge in [-0.15, -0.1) is 11.3 Å². The first-order valence-electron chi connectivity index (χ1n) is 9.73. The number of sulfonamides is 1. The minimum absolute atomic E-state index is 0.409. The molecule has 28 heavy (non-hydrogen) atoms. The lowest BCUT2D eigenvalue weighted by atomic mass is 10.3. The van der Waals surface area contributed by atoms with E-state index in [1.165, 1.54) is 15.6 Å². The minimum atomic E-state index is -3.37. The minimum Gasteiger partial charge on any atom is -0.357 e. The molecule has 0 atom stereocenters. The fourth-order valence-electron chi connectivity index (χ4n) is 2.76. The van der Waals surface area contributed by atoms with Crippen molar-refractivity contribution in [1.29, 1.82) is 0 Å². The van der Waals surface area contributed by atoms with Crippen LogP contribution in [0, 0.1) is 0 Å². The normalized spacial score (nSPS) is 12.5. The number of nitrogens with one attached hydrogen (secondary N) is 2. The van der Waals surface area contributed by atoms with Crippen molar-refractivity contribution in [3.05, 3.63) is 41.5 Å². The molecule has 7 nitrogen and oxygen atoms in total. The van der Waals surface area contributed by atoms with Crippen LogP contribution < -0.4 is 10.6 Å². The van der Waals surface area contributed by atoms with Gasteiger partial charge in [-0.25, -0.2) is 8.42 Å². The molecule has 0 aliphatic rings. The summed E-state index contributed by atoms with van der Waals surface area (Å²) in [7, 11) is -3.37. The molecule has 2 aromatic rings. The second kappa shape index (κ2) is 11.2. The molecule has 0 aromatic carbocycles. The van der Waals surface area contributed by atoms with Gasteiger partial charge < -0.3 is 15.2 Å². The Morgan fingerprint density at radius 2 is 1.86 bits per heavy atom. The van der Waals surface area contributed by atoms with Crippen molar-refractivity contribution in [3.8, 4) is 0 Å². The van der Waals surface area contributed by atoms with Crippen molar-refractivity contribution in [1.82, 2.24) is 19.5 Å². The van der Waals surface area contributed by atoms with Crippen LogP contribution in [-0.4, -0.2) is 56.0 Å². The molecule has 2 heterocycles. The molecule has 9 heteroatoms. The molecule has 0 bridgehead atoms. The van der Waals surface area contributed by atoms with E-state index in [1.54, 1.807) is 6.07 Å². The zero-order valence-corrected chi connectivity index (χ0v) is 18.5. The molecular formula is C19H31N5O2S2. The predicted octanol–water partition coefficient (Wildman–Crippen LogP) is 2.38. The zero-order valence-electron chi connectivity index (χ0n) is 16.9. The molecule has 2 N–H and O–H groups in total. The highest BCUT2D eigenvalue weighted by Crippen LogP contribution is 2.25. The summed E-state index contributed by atoms with van der Waals surface area (Å²) < 4.78 is 29.2. The van der Waals surface area contributed by atoms with E-state index in [-0.39, 0.29) is 0 Å². The maximum Gasteiger partial charge on any atom is 0.252 e. The number of aliphatic imine (C=N–C) groups is 1. The van der Waals surface area contributed by atoms with Gasteiger partial charge in [0.2, 0.25) is 0 Å². The van der Waals surface area contributed by atoms with Crippen molar-refractivity contribution in [3.63, 3.8) is 0 Å². The van der Waals surface area contributed by atoms with Crippen LogP contribution in [0.4, 0.5) is 0 Å². The molecule has 2 aromatic heterocycles. The Hall–Kier alpha value is -1.84. The average molecular weight is 426 g/mol. The maximum absolute atomic E-state index is 12.6. The van der Waals surface area contributed by atoms with Crippen LogP contribution in [0.3, 0.4) is 0 Å². The van der Waals surface area contributed by atoms with Crippen molar-refractivity contribution in [2.45, 2.75) is 37.9 Å². The van der Waals surface area contributed by atoms with Crippen LogP contribution in [0.25, 0.3) is 0 Å². The standard InChI is InChI=1S/C19H31N5O2S2/c1-4-20-19(22-13-16-23-14-7-8-15-23)21-12-11-17-9-10-18(27-17)28(25,26)24(5-2)6-3/h7-10,14-15H,4-6,11-13,16H2,1-3H3,(H2,20,21,22). The topological polar surface area (TPSA) is 78.7 Å². The van der Waals surface area contributed by atoms with E-state index in [9.17, 15) is 8.42 Å². The number of thiophene rings is 1. The highest BCUT2D eigenvalue weighted by Gasteiger charge is 2.23. The van der Waals surface area contributed by atoms with Crippen LogP contribution in [0.1, 0.15) is 25.6 Å². The van der Waals surface area contributed by atoms with Gasteiger partial charge in [0.1, 0.15) is 4.21 Å². The third-order valence-corrected chi connectivity index (χ3v) is 7.90. The molecule has 0 amide bonds. The molecule has 0 aliphatic heterocycles. The highest BCUT2D eigenvalue weighted by atomic mass is 32.2. The summed E-state index contributed by atoms with van der Waals surface area (Å²) in [4.78, 5) is 5.62. The van der Waals surface area contributed by atoms with Gasteiger partial charge in [-0.2, -0.15) is 4.31 Å². The summed E-state index contributed by atoms with van der Waals surface area (Å²) in [6.07, 6.45) is 4.78. The monoisotopic (exact) mass is 425 g/mol. The molecule has 0 spiro atoms. The van der Waals surface area contributed by atoms with Gasteiger partial charge >= 0.3 is 0 Å². The van der Waals surface area contributed by atoms with E-state index < -0.39 is 10.0 Å². The fraction of sp³-hybridized carbons (Fsp3) is 0.526. The number of nitrogens with zero attached hydrogens (tertiary/aromatic N) is 3. The van der Waals surface area contributed by atoms with Crippen molar-refractivity contribution in [2.75, 3.05) is 32.7 Å². The summed E-state index contributed by atoms with van der Waals surface area (Å²) in [6, 6.07) is 7.62. The van der Waals surface area contributed by atoms with Gasteiger partial charge in [0, 0.05) is 63.0 Å². The molecule has 156 valence electrons. The van der Waals surface area contributed by atoms with E-state index in [0.717, 1.165) is 30.5 Å². The van der Waals surface area contributed by atoms with Gasteiger partial charge in [-0.3, -0.25) is 4.99 Å². The number of aromatic nitrogens is 1. The molecular weight excluding hydrogens is 394 g/mol. The Morgan fingerprint density at radius 1 is 1.14 bits per heavy atom. The smallest absolute Gasteiger partial charge is 0.252 e. The van der Waals surface area contributed by atoms with Gasteiger partial charge in [0.05, 0.1) is 0 Å². The summed E-state index contributed by atoms with van der Waals surface area (Å²) in [5.74, 6) is 0.780. The molecule has 0 fully saturated rings. The summed E-state index contributed by atoms with van der Waals surface area (Å²) in [6.45, 7) is 9.76. The Labute approximate surface area is 172 Å². The lowest BCUT2D eigenvalue weighted by Gasteiger charge is -2.16. The van der Waals surface area contributed by atoms with E-state index in [0.29, 0.717) is 30.3 Å². The largest absolute Gasteiger partial charge is 0.357 e. The first-order chi connectivity index (χ1) is 13.5. The molecule has 0 unspecified atom stereocenters. The van der Waals surface area contributed by atoms with Crippen molar-refractivity contribution >= 4 is 27.3 Å². The number of hydrogen-bond donors (Lipinski definition) is 2. The number of rotatable bonds is 11. The Kier molecular flexibility index (Phi) is 9.01. The molecule has 0 saturated heterocycles. The summed E-state index contributed by atoms with van der Waals surface area (Å²) in [5, 5.41) is 6.56. The van der Waals surface area contributed by atoms with E-state index in [4.69, 9.17) is 0 Å². The second-order valence-electron chi connectivity index (χ2n) is 6.17. The van der Waals surface area contributed by atoms with Crippen LogP contribution >= 0.6 is 11.3 Å². The van der Waals surface area contributed by atoms with Crippen LogP contribution in [0.2, 0.25) is 0 Å². The van der Waals surface area contributed by atoms with Gasteiger partial charge in [-0.1, -0.05) is 13.8 Å². The van der Waals surface area contributed by atoms with E-state index in [1.807, 2.05) is 51.4 Å². The van der Waals surface area contributed by atoms with Gasteiger partial charge in [0.15, 0.2) is 5.96 Å². The summed E-state index contributed by atoms with van der Waals surface area (Å²) in [5.41, 5.74) is 0. The number of hydrogen-bond acceptors (Lipinski definition) is 4. The van der Waals surface area contributed by atoms with Crippen molar-refractivity contribution in [2.24, 2.45) is 4.99 Å². The zero-order chi connectivity index (χ0) is 20.4. The highest BCUT2D eigenvalue weighted by molar-refractivity contribution is 7.91. The molecule has 0 aliphatic carbocycles. The van der Waals surface area contributed by atoms with E-state index in [2.05, 4.69) is 20.2 Å². The van der Waals surface area contributed by atoms with Crippen LogP contribution in [-0.2, 0) is 23.0 Å². The Balaban J connectivity index is 1.89. The Morgan fingerprint density at radius 3 is 2.50 bits per heavy atom. The lowest BCUT2D eigenvalue weighted by Crippen LogP contribution is -2.39. The maximum atomic E-state index is 12.6. The molecule has 0 saturated carbocycles. The molecule has 2 rings (SSSR count). The third kappa shape index (κ3) is 6.35. The van der Waals surface area contributed by atoms with Gasteiger partial charge in [-0.05, 0) is 31.2 Å². The van der Waals surface area contributed by atoms with Gasteiger partial charge in [0.25, 0.3) is 10.0 Å². The fourth-order valence-corrected chi connectivity index (χ4v) is 5.72. The van der Waals surface area contributed by atoms with Crippen LogP contribution in [0.5, 0.6) is 0 Å². The van der Waals surface area contributed by atoms with E-state index >= 15 is 0 Å².